The van der Waals surface area contributed by atoms with E-state index in [0.717, 1.165) is 25.7 Å². The van der Waals surface area contributed by atoms with Gasteiger partial charge in [0.25, 0.3) is 0 Å². The van der Waals surface area contributed by atoms with Gasteiger partial charge in [-0.2, -0.15) is 0 Å². The summed E-state index contributed by atoms with van der Waals surface area (Å²) in [6.45, 7) is 4.72. The summed E-state index contributed by atoms with van der Waals surface area (Å²) in [5.74, 6) is 0.00652. The van der Waals surface area contributed by atoms with Crippen LogP contribution in [0.3, 0.4) is 0 Å². The Morgan fingerprint density at radius 3 is 1.74 bits per heavy atom. The van der Waals surface area contributed by atoms with Crippen molar-refractivity contribution in [3.63, 3.8) is 0 Å². The molecule has 2 aliphatic rings. The van der Waals surface area contributed by atoms with Crippen LogP contribution in [0.2, 0.25) is 0 Å². The summed E-state index contributed by atoms with van der Waals surface area (Å²) in [5.41, 5.74) is 2.39. The summed E-state index contributed by atoms with van der Waals surface area (Å²) in [6.07, 6.45) is 16.0. The number of rotatable bonds is 12. The van der Waals surface area contributed by atoms with Gasteiger partial charge < -0.3 is 15.3 Å². The Kier molecular flexibility index (Phi) is 6.28. The van der Waals surface area contributed by atoms with E-state index < -0.39 is 0 Å². The van der Waals surface area contributed by atoms with Gasteiger partial charge in [0.1, 0.15) is 5.75 Å². The Morgan fingerprint density at radius 2 is 1.22 bits per heavy atom. The van der Waals surface area contributed by atoms with Crippen molar-refractivity contribution in [2.45, 2.75) is 104 Å². The second-order valence-electron chi connectivity index (χ2n) is 9.97. The van der Waals surface area contributed by atoms with E-state index in [0.29, 0.717) is 34.8 Å². The van der Waals surface area contributed by atoms with Crippen molar-refractivity contribution in [1.82, 2.24) is 0 Å². The van der Waals surface area contributed by atoms with E-state index >= 15 is 0 Å². The molecule has 2 fully saturated rings. The van der Waals surface area contributed by atoms with E-state index in [1.54, 1.807) is 6.07 Å². The van der Waals surface area contributed by atoms with Crippen molar-refractivity contribution in [3.8, 4) is 17.2 Å². The highest BCUT2D eigenvalue weighted by Gasteiger charge is 2.36. The monoisotopic (exact) mass is 374 g/mol. The lowest BCUT2D eigenvalue weighted by Gasteiger charge is -2.14. The number of hydrogen-bond acceptors (Lipinski definition) is 3. The summed E-state index contributed by atoms with van der Waals surface area (Å²) in [6, 6.07) is 1.66. The van der Waals surface area contributed by atoms with E-state index in [1.807, 2.05) is 0 Å². The fourth-order valence-electron chi connectivity index (χ4n) is 4.17. The first-order valence-electron chi connectivity index (χ1n) is 11.1. The van der Waals surface area contributed by atoms with Crippen LogP contribution in [0.15, 0.2) is 6.07 Å². The maximum Gasteiger partial charge on any atom is 0.164 e. The maximum absolute atomic E-state index is 10.4. The van der Waals surface area contributed by atoms with Crippen LogP contribution in [0.5, 0.6) is 17.2 Å². The summed E-state index contributed by atoms with van der Waals surface area (Å²) >= 11 is 0. The van der Waals surface area contributed by atoms with E-state index in [2.05, 4.69) is 13.8 Å². The number of phenolic OH excluding ortho intramolecular Hbond substituents is 3. The van der Waals surface area contributed by atoms with Gasteiger partial charge in [0.15, 0.2) is 11.5 Å². The lowest BCUT2D eigenvalue weighted by Crippen LogP contribution is -1.96. The molecule has 0 saturated heterocycles. The lowest BCUT2D eigenvalue weighted by molar-refractivity contribution is 0.382. The highest BCUT2D eigenvalue weighted by molar-refractivity contribution is 5.56. The first-order valence-corrected chi connectivity index (χ1v) is 11.1. The van der Waals surface area contributed by atoms with E-state index in [-0.39, 0.29) is 17.2 Å². The molecule has 0 amide bonds. The summed E-state index contributed by atoms with van der Waals surface area (Å²) in [4.78, 5) is 0. The molecule has 3 N–H and O–H groups in total. The fraction of sp³-hybridized carbons (Fsp3) is 0.750. The topological polar surface area (TPSA) is 60.7 Å². The van der Waals surface area contributed by atoms with Gasteiger partial charge in [0, 0.05) is 11.1 Å². The molecule has 3 heteroatoms. The third-order valence-electron chi connectivity index (χ3n) is 7.08. The van der Waals surface area contributed by atoms with E-state index in [9.17, 15) is 15.3 Å². The predicted octanol–water partition coefficient (Wildman–Crippen LogP) is 6.61. The summed E-state index contributed by atoms with van der Waals surface area (Å²) in [7, 11) is 0. The van der Waals surface area contributed by atoms with Crippen LogP contribution in [-0.2, 0) is 12.8 Å². The molecule has 0 radical (unpaired) electrons. The molecular weight excluding hydrogens is 336 g/mol. The zero-order valence-electron chi connectivity index (χ0n) is 17.3. The fourth-order valence-corrected chi connectivity index (χ4v) is 4.17. The third-order valence-corrected chi connectivity index (χ3v) is 7.08. The standard InChI is InChI=1S/C24H38O3/c1-23(13-14-23)11-7-3-5-9-18-17-20(25)19(22(27)21(18)26)10-6-4-8-12-24(2)15-16-24/h17,25-27H,3-16H2,1-2H3. The normalized spacial score (nSPS) is 19.2. The molecule has 0 aliphatic heterocycles. The predicted molar refractivity (Wildman–Crippen MR) is 110 cm³/mol. The molecule has 3 rings (SSSR count). The molecule has 3 nitrogen and oxygen atoms in total. The van der Waals surface area contributed by atoms with Gasteiger partial charge in [-0.1, -0.05) is 39.5 Å². The van der Waals surface area contributed by atoms with Crippen LogP contribution in [-0.4, -0.2) is 15.3 Å². The van der Waals surface area contributed by atoms with Gasteiger partial charge in [0.05, 0.1) is 0 Å². The minimum Gasteiger partial charge on any atom is -0.508 e. The molecule has 0 aromatic heterocycles. The molecule has 0 bridgehead atoms. The van der Waals surface area contributed by atoms with Crippen molar-refractivity contribution in [1.29, 1.82) is 0 Å². The second kappa shape index (κ2) is 8.32. The van der Waals surface area contributed by atoms with Crippen molar-refractivity contribution >= 4 is 0 Å². The molecular formula is C24H38O3. The molecule has 2 aliphatic carbocycles. The summed E-state index contributed by atoms with van der Waals surface area (Å²) in [5, 5.41) is 31.1. The van der Waals surface area contributed by atoms with E-state index in [4.69, 9.17) is 0 Å². The van der Waals surface area contributed by atoms with Crippen molar-refractivity contribution in [3.05, 3.63) is 17.2 Å². The minimum atomic E-state index is -0.107. The van der Waals surface area contributed by atoms with Crippen LogP contribution >= 0.6 is 0 Å². The zero-order chi connectivity index (χ0) is 19.5. The molecule has 2 saturated carbocycles. The lowest BCUT2D eigenvalue weighted by atomic mass is 9.96. The molecule has 0 spiro atoms. The summed E-state index contributed by atoms with van der Waals surface area (Å²) < 4.78 is 0. The number of aromatic hydroxyl groups is 3. The average Bonchev–Trinajstić information content (AvgIpc) is 3.54. The first-order chi connectivity index (χ1) is 12.8. The Bertz CT molecular complexity index is 642. The van der Waals surface area contributed by atoms with Gasteiger partial charge >= 0.3 is 0 Å². The highest BCUT2D eigenvalue weighted by Crippen LogP contribution is 2.50. The Balaban J connectivity index is 1.42. The number of unbranched alkanes of at least 4 members (excludes halogenated alkanes) is 4. The molecule has 1 aromatic rings. The molecule has 27 heavy (non-hydrogen) atoms. The molecule has 1 aromatic carbocycles. The second-order valence-corrected chi connectivity index (χ2v) is 9.97. The third kappa shape index (κ3) is 5.80. The molecule has 152 valence electrons. The number of benzene rings is 1. The average molecular weight is 375 g/mol. The Hall–Kier alpha value is -1.38. The van der Waals surface area contributed by atoms with Crippen LogP contribution in [0.4, 0.5) is 0 Å². The van der Waals surface area contributed by atoms with Crippen LogP contribution in [0, 0.1) is 10.8 Å². The quantitative estimate of drug-likeness (QED) is 0.219. The van der Waals surface area contributed by atoms with Crippen molar-refractivity contribution in [2.24, 2.45) is 10.8 Å². The minimum absolute atomic E-state index is 0.0255. The van der Waals surface area contributed by atoms with Gasteiger partial charge in [0.2, 0.25) is 0 Å². The highest BCUT2D eigenvalue weighted by atomic mass is 16.3. The smallest absolute Gasteiger partial charge is 0.164 e. The largest absolute Gasteiger partial charge is 0.508 e. The van der Waals surface area contributed by atoms with Gasteiger partial charge in [-0.25, -0.2) is 0 Å². The Morgan fingerprint density at radius 1 is 0.704 bits per heavy atom. The van der Waals surface area contributed by atoms with Crippen LogP contribution < -0.4 is 0 Å². The van der Waals surface area contributed by atoms with Crippen molar-refractivity contribution in [2.75, 3.05) is 0 Å². The molecule has 0 atom stereocenters. The van der Waals surface area contributed by atoms with Crippen molar-refractivity contribution < 1.29 is 15.3 Å². The van der Waals surface area contributed by atoms with Crippen LogP contribution in [0.1, 0.15) is 102 Å². The number of hydrogen-bond donors (Lipinski definition) is 3. The number of aryl methyl sites for hydroxylation is 1. The Labute approximate surface area is 164 Å². The van der Waals surface area contributed by atoms with Gasteiger partial charge in [-0.15, -0.1) is 0 Å². The van der Waals surface area contributed by atoms with Gasteiger partial charge in [-0.05, 0) is 81.1 Å². The molecule has 0 heterocycles. The van der Waals surface area contributed by atoms with Crippen LogP contribution in [0.25, 0.3) is 0 Å². The van der Waals surface area contributed by atoms with Gasteiger partial charge in [-0.3, -0.25) is 0 Å². The van der Waals surface area contributed by atoms with E-state index in [1.165, 1.54) is 51.4 Å². The molecule has 0 unspecified atom stereocenters. The maximum atomic E-state index is 10.4. The zero-order valence-corrected chi connectivity index (χ0v) is 17.3. The number of phenols is 3. The first kappa shape index (κ1) is 20.4. The SMILES string of the molecule is CC1(CCCCCc2cc(O)c(CCCCCC3(C)CC3)c(O)c2O)CC1.